The third-order valence-corrected chi connectivity index (χ3v) is 4.32. The molecular weight excluding hydrogens is 314 g/mol. The molecule has 0 unspecified atom stereocenters. The lowest BCUT2D eigenvalue weighted by Crippen LogP contribution is -2.50. The minimum atomic E-state index is -0.107. The molecule has 0 saturated carbocycles. The van der Waals surface area contributed by atoms with E-state index < -0.39 is 0 Å². The van der Waals surface area contributed by atoms with Crippen LogP contribution in [0.1, 0.15) is 5.56 Å². The monoisotopic (exact) mass is 331 g/mol. The summed E-state index contributed by atoms with van der Waals surface area (Å²) in [7, 11) is 0. The summed E-state index contributed by atoms with van der Waals surface area (Å²) in [6.07, 6.45) is 3.45. The van der Waals surface area contributed by atoms with Gasteiger partial charge in [-0.1, -0.05) is 17.7 Å². The van der Waals surface area contributed by atoms with Crippen molar-refractivity contribution in [2.24, 2.45) is 0 Å². The summed E-state index contributed by atoms with van der Waals surface area (Å²) < 4.78 is 0. The first-order valence-corrected chi connectivity index (χ1v) is 7.86. The van der Waals surface area contributed by atoms with Gasteiger partial charge in [-0.3, -0.25) is 0 Å². The second-order valence-corrected chi connectivity index (χ2v) is 5.77. The molecule has 0 bridgehead atoms. The van der Waals surface area contributed by atoms with Gasteiger partial charge in [0.25, 0.3) is 0 Å². The Morgan fingerprint density at radius 2 is 1.83 bits per heavy atom. The van der Waals surface area contributed by atoms with Gasteiger partial charge in [0, 0.05) is 49.3 Å². The van der Waals surface area contributed by atoms with E-state index in [1.807, 2.05) is 25.1 Å². The maximum atomic E-state index is 12.4. The lowest BCUT2D eigenvalue weighted by atomic mass is 10.2. The predicted octanol–water partition coefficient (Wildman–Crippen LogP) is 2.79. The summed E-state index contributed by atoms with van der Waals surface area (Å²) in [5.74, 6) is 0.707. The zero-order valence-electron chi connectivity index (χ0n) is 12.9. The highest BCUT2D eigenvalue weighted by atomic mass is 35.5. The summed E-state index contributed by atoms with van der Waals surface area (Å²) >= 11 is 6.08. The average Bonchev–Trinajstić information content (AvgIpc) is 2.60. The van der Waals surface area contributed by atoms with Crippen LogP contribution < -0.4 is 10.2 Å². The first-order valence-electron chi connectivity index (χ1n) is 7.48. The standard InChI is InChI=1S/C16H18ClN5O/c1-12-13(17)4-2-5-14(12)20-16(23)22-10-8-21(9-11-22)15-18-6-3-7-19-15/h2-7H,8-11H2,1H3,(H,20,23). The van der Waals surface area contributed by atoms with Gasteiger partial charge in [0.05, 0.1) is 0 Å². The van der Waals surface area contributed by atoms with E-state index >= 15 is 0 Å². The smallest absolute Gasteiger partial charge is 0.321 e. The number of urea groups is 1. The van der Waals surface area contributed by atoms with Crippen LogP contribution in [0.5, 0.6) is 0 Å². The van der Waals surface area contributed by atoms with E-state index in [4.69, 9.17) is 11.6 Å². The highest BCUT2D eigenvalue weighted by Gasteiger charge is 2.22. The van der Waals surface area contributed by atoms with Gasteiger partial charge in [-0.15, -0.1) is 0 Å². The Morgan fingerprint density at radius 1 is 1.13 bits per heavy atom. The molecule has 2 amide bonds. The van der Waals surface area contributed by atoms with Crippen LogP contribution in [0.3, 0.4) is 0 Å². The van der Waals surface area contributed by atoms with Gasteiger partial charge in [-0.2, -0.15) is 0 Å². The number of carbonyl (C=O) groups is 1. The number of nitrogens with one attached hydrogen (secondary N) is 1. The number of hydrogen-bond acceptors (Lipinski definition) is 4. The van der Waals surface area contributed by atoms with Crippen LogP contribution in [0.25, 0.3) is 0 Å². The van der Waals surface area contributed by atoms with Crippen LogP contribution in [0.4, 0.5) is 16.4 Å². The summed E-state index contributed by atoms with van der Waals surface area (Å²) in [5, 5.41) is 3.58. The van der Waals surface area contributed by atoms with Crippen molar-refractivity contribution in [3.63, 3.8) is 0 Å². The molecule has 1 aromatic heterocycles. The first kappa shape index (κ1) is 15.6. The predicted molar refractivity (Wildman–Crippen MR) is 91.0 cm³/mol. The number of amides is 2. The first-order chi connectivity index (χ1) is 11.1. The normalized spacial score (nSPS) is 14.7. The van der Waals surface area contributed by atoms with Gasteiger partial charge in [-0.05, 0) is 30.7 Å². The summed E-state index contributed by atoms with van der Waals surface area (Å²) in [5.41, 5.74) is 1.62. The minimum Gasteiger partial charge on any atom is -0.337 e. The van der Waals surface area contributed by atoms with E-state index in [0.717, 1.165) is 11.3 Å². The number of halogens is 1. The maximum absolute atomic E-state index is 12.4. The number of benzene rings is 1. The molecule has 1 aromatic carbocycles. The van der Waals surface area contributed by atoms with Crippen molar-refractivity contribution in [3.8, 4) is 0 Å². The highest BCUT2D eigenvalue weighted by Crippen LogP contribution is 2.23. The molecule has 1 saturated heterocycles. The molecular formula is C16H18ClN5O. The Morgan fingerprint density at radius 3 is 2.52 bits per heavy atom. The number of carbonyl (C=O) groups excluding carboxylic acids is 1. The fourth-order valence-electron chi connectivity index (χ4n) is 2.50. The van der Waals surface area contributed by atoms with E-state index in [2.05, 4.69) is 20.2 Å². The number of nitrogens with zero attached hydrogens (tertiary/aromatic N) is 4. The summed E-state index contributed by atoms with van der Waals surface area (Å²) in [6, 6.07) is 7.18. The molecule has 7 heteroatoms. The van der Waals surface area contributed by atoms with Crippen molar-refractivity contribution in [3.05, 3.63) is 47.2 Å². The van der Waals surface area contributed by atoms with Crippen molar-refractivity contribution in [1.82, 2.24) is 14.9 Å². The van der Waals surface area contributed by atoms with E-state index in [0.29, 0.717) is 37.1 Å². The molecule has 0 aliphatic carbocycles. The molecule has 0 spiro atoms. The SMILES string of the molecule is Cc1c(Cl)cccc1NC(=O)N1CCN(c2ncccn2)CC1. The van der Waals surface area contributed by atoms with Crippen LogP contribution in [0.2, 0.25) is 5.02 Å². The molecule has 0 radical (unpaired) electrons. The molecule has 6 nitrogen and oxygen atoms in total. The lowest BCUT2D eigenvalue weighted by molar-refractivity contribution is 0.208. The topological polar surface area (TPSA) is 61.4 Å². The number of anilines is 2. The van der Waals surface area contributed by atoms with E-state index in [9.17, 15) is 4.79 Å². The van der Waals surface area contributed by atoms with Crippen LogP contribution >= 0.6 is 11.6 Å². The lowest BCUT2D eigenvalue weighted by Gasteiger charge is -2.34. The van der Waals surface area contributed by atoms with E-state index in [1.165, 1.54) is 0 Å². The summed E-state index contributed by atoms with van der Waals surface area (Å²) in [6.45, 7) is 4.58. The Labute approximate surface area is 140 Å². The molecule has 3 rings (SSSR count). The second kappa shape index (κ2) is 6.83. The van der Waals surface area contributed by atoms with Crippen LogP contribution in [0, 0.1) is 6.92 Å². The van der Waals surface area contributed by atoms with Gasteiger partial charge in [0.15, 0.2) is 0 Å². The van der Waals surface area contributed by atoms with Crippen molar-refractivity contribution in [2.45, 2.75) is 6.92 Å². The zero-order chi connectivity index (χ0) is 16.2. The Bertz CT molecular complexity index is 686. The fourth-order valence-corrected chi connectivity index (χ4v) is 2.68. The van der Waals surface area contributed by atoms with Gasteiger partial charge in [0.1, 0.15) is 0 Å². The Balaban J connectivity index is 1.59. The summed E-state index contributed by atoms with van der Waals surface area (Å²) in [4.78, 5) is 24.8. The minimum absolute atomic E-state index is 0.107. The fraction of sp³-hybridized carbons (Fsp3) is 0.312. The highest BCUT2D eigenvalue weighted by molar-refractivity contribution is 6.31. The quantitative estimate of drug-likeness (QED) is 0.919. The van der Waals surface area contributed by atoms with Gasteiger partial charge < -0.3 is 15.1 Å². The largest absolute Gasteiger partial charge is 0.337 e. The van der Waals surface area contributed by atoms with Crippen molar-refractivity contribution < 1.29 is 4.79 Å². The average molecular weight is 332 g/mol. The van der Waals surface area contributed by atoms with Crippen molar-refractivity contribution in [2.75, 3.05) is 36.4 Å². The molecule has 23 heavy (non-hydrogen) atoms. The molecule has 2 aromatic rings. The third kappa shape index (κ3) is 3.53. The van der Waals surface area contributed by atoms with Gasteiger partial charge >= 0.3 is 6.03 Å². The molecule has 1 N–H and O–H groups in total. The van der Waals surface area contributed by atoms with E-state index in [-0.39, 0.29) is 6.03 Å². The number of hydrogen-bond donors (Lipinski definition) is 1. The van der Waals surface area contributed by atoms with Crippen LogP contribution in [0.15, 0.2) is 36.7 Å². The Kier molecular flexibility index (Phi) is 4.62. The number of aromatic nitrogens is 2. The molecule has 120 valence electrons. The molecule has 1 fully saturated rings. The number of piperazine rings is 1. The zero-order valence-corrected chi connectivity index (χ0v) is 13.6. The number of rotatable bonds is 2. The van der Waals surface area contributed by atoms with Gasteiger partial charge in [-0.25, -0.2) is 14.8 Å². The molecule has 2 heterocycles. The van der Waals surface area contributed by atoms with E-state index in [1.54, 1.807) is 23.4 Å². The second-order valence-electron chi connectivity index (χ2n) is 5.37. The van der Waals surface area contributed by atoms with Crippen LogP contribution in [-0.2, 0) is 0 Å². The molecule has 0 atom stereocenters. The molecule has 1 aliphatic rings. The van der Waals surface area contributed by atoms with Crippen molar-refractivity contribution >= 4 is 29.3 Å². The molecule has 1 aliphatic heterocycles. The third-order valence-electron chi connectivity index (χ3n) is 3.91. The van der Waals surface area contributed by atoms with Gasteiger partial charge in [0.2, 0.25) is 5.95 Å². The van der Waals surface area contributed by atoms with Crippen molar-refractivity contribution in [1.29, 1.82) is 0 Å². The van der Waals surface area contributed by atoms with Crippen LogP contribution in [-0.4, -0.2) is 47.1 Å². The maximum Gasteiger partial charge on any atom is 0.321 e. The Hall–Kier alpha value is -2.34.